The third-order valence-corrected chi connectivity index (χ3v) is 3.79. The number of dihydropyridines is 1. The minimum Gasteiger partial charge on any atom is -0.451 e. The summed E-state index contributed by atoms with van der Waals surface area (Å²) in [6.07, 6.45) is 9.20. The summed E-state index contributed by atoms with van der Waals surface area (Å²) in [4.78, 5) is 13.1. The van der Waals surface area contributed by atoms with E-state index in [0.717, 1.165) is 6.42 Å². The molecule has 0 saturated carbocycles. The first kappa shape index (κ1) is 14.5. The molecule has 120 valence electrons. The van der Waals surface area contributed by atoms with Gasteiger partial charge < -0.3 is 4.42 Å². The standard InChI is InChI=1S/C17H14FN5O/c18-13-6-2-1-5-12(13)9-23-17(14-7-3-4-8-19-14)21-16(22-23)15-10-24-11-20-15/h1-6,8,10-11,14H,7,9H2. The Morgan fingerprint density at radius 3 is 2.96 bits per heavy atom. The molecule has 1 aliphatic rings. The predicted molar refractivity (Wildman–Crippen MR) is 86.0 cm³/mol. The monoisotopic (exact) mass is 323 g/mol. The molecule has 2 aromatic heterocycles. The molecule has 0 amide bonds. The van der Waals surface area contributed by atoms with E-state index >= 15 is 0 Å². The van der Waals surface area contributed by atoms with E-state index in [4.69, 9.17) is 4.42 Å². The van der Waals surface area contributed by atoms with Gasteiger partial charge in [0, 0.05) is 11.8 Å². The summed E-state index contributed by atoms with van der Waals surface area (Å²) in [5, 5.41) is 4.48. The number of nitrogens with zero attached hydrogens (tertiary/aromatic N) is 5. The number of aromatic nitrogens is 4. The summed E-state index contributed by atoms with van der Waals surface area (Å²) in [7, 11) is 0. The number of allylic oxidation sites excluding steroid dienone is 1. The Hall–Kier alpha value is -3.09. The third kappa shape index (κ3) is 2.76. The molecule has 0 aliphatic carbocycles. The molecule has 4 rings (SSSR count). The topological polar surface area (TPSA) is 69.1 Å². The first-order chi connectivity index (χ1) is 11.8. The van der Waals surface area contributed by atoms with Gasteiger partial charge in [-0.25, -0.2) is 19.0 Å². The average Bonchev–Trinajstić information content (AvgIpc) is 3.27. The number of hydrogen-bond donors (Lipinski definition) is 0. The molecule has 7 heteroatoms. The van der Waals surface area contributed by atoms with Gasteiger partial charge in [-0.2, -0.15) is 0 Å². The van der Waals surface area contributed by atoms with Gasteiger partial charge in [-0.1, -0.05) is 24.3 Å². The van der Waals surface area contributed by atoms with Crippen LogP contribution in [0, 0.1) is 5.82 Å². The molecular formula is C17H14FN5O. The zero-order chi connectivity index (χ0) is 16.4. The molecule has 0 bridgehead atoms. The zero-order valence-electron chi connectivity index (χ0n) is 12.7. The second-order valence-corrected chi connectivity index (χ2v) is 5.39. The van der Waals surface area contributed by atoms with Gasteiger partial charge >= 0.3 is 0 Å². The van der Waals surface area contributed by atoms with Crippen LogP contribution in [0.5, 0.6) is 0 Å². The summed E-state index contributed by atoms with van der Waals surface area (Å²) in [6, 6.07) is 6.50. The third-order valence-electron chi connectivity index (χ3n) is 3.79. The summed E-state index contributed by atoms with van der Waals surface area (Å²) in [5.74, 6) is 0.852. The van der Waals surface area contributed by atoms with E-state index in [9.17, 15) is 4.39 Å². The summed E-state index contributed by atoms with van der Waals surface area (Å²) >= 11 is 0. The van der Waals surface area contributed by atoms with E-state index < -0.39 is 0 Å². The van der Waals surface area contributed by atoms with E-state index in [1.165, 1.54) is 18.7 Å². The summed E-state index contributed by atoms with van der Waals surface area (Å²) < 4.78 is 20.7. The lowest BCUT2D eigenvalue weighted by Gasteiger charge is -2.13. The first-order valence-corrected chi connectivity index (χ1v) is 7.56. The van der Waals surface area contributed by atoms with Gasteiger partial charge in [0.25, 0.3) is 0 Å². The molecule has 0 spiro atoms. The van der Waals surface area contributed by atoms with Crippen LogP contribution in [-0.4, -0.2) is 26.0 Å². The zero-order valence-corrected chi connectivity index (χ0v) is 12.7. The van der Waals surface area contributed by atoms with Crippen LogP contribution in [0.15, 0.2) is 58.5 Å². The molecule has 0 fully saturated rings. The highest BCUT2D eigenvalue weighted by molar-refractivity contribution is 5.72. The Balaban J connectivity index is 1.74. The fourth-order valence-corrected chi connectivity index (χ4v) is 2.59. The van der Waals surface area contributed by atoms with Gasteiger partial charge in [-0.3, -0.25) is 4.99 Å². The van der Waals surface area contributed by atoms with E-state index in [-0.39, 0.29) is 18.4 Å². The highest BCUT2D eigenvalue weighted by Gasteiger charge is 2.21. The Kier molecular flexibility index (Phi) is 3.74. The average molecular weight is 323 g/mol. The minimum atomic E-state index is -0.269. The second kappa shape index (κ2) is 6.19. The molecule has 0 N–H and O–H groups in total. The molecule has 0 radical (unpaired) electrons. The molecule has 1 aromatic carbocycles. The number of benzene rings is 1. The Morgan fingerprint density at radius 1 is 1.29 bits per heavy atom. The summed E-state index contributed by atoms with van der Waals surface area (Å²) in [5.41, 5.74) is 1.09. The smallest absolute Gasteiger partial charge is 0.203 e. The number of hydrogen-bond acceptors (Lipinski definition) is 5. The van der Waals surface area contributed by atoms with Crippen molar-refractivity contribution in [3.05, 3.63) is 66.3 Å². The highest BCUT2D eigenvalue weighted by atomic mass is 19.1. The van der Waals surface area contributed by atoms with Crippen molar-refractivity contribution in [2.24, 2.45) is 4.99 Å². The SMILES string of the molecule is Fc1ccccc1Cn1nc(-c2cocn2)nc1C1CC=CC=N1. The number of rotatable bonds is 4. The van der Waals surface area contributed by atoms with Crippen LogP contribution in [0.2, 0.25) is 0 Å². The molecule has 6 nitrogen and oxygen atoms in total. The maximum atomic E-state index is 14.0. The largest absolute Gasteiger partial charge is 0.451 e. The van der Waals surface area contributed by atoms with Crippen LogP contribution in [-0.2, 0) is 6.54 Å². The van der Waals surface area contributed by atoms with Gasteiger partial charge in [0.15, 0.2) is 12.2 Å². The molecule has 3 heterocycles. The van der Waals surface area contributed by atoms with Crippen molar-refractivity contribution in [1.29, 1.82) is 0 Å². The number of halogens is 1. The van der Waals surface area contributed by atoms with Gasteiger partial charge in [-0.15, -0.1) is 5.10 Å². The first-order valence-electron chi connectivity index (χ1n) is 7.56. The highest BCUT2D eigenvalue weighted by Crippen LogP contribution is 2.25. The van der Waals surface area contributed by atoms with Crippen molar-refractivity contribution in [3.63, 3.8) is 0 Å². The van der Waals surface area contributed by atoms with Crippen LogP contribution in [0.1, 0.15) is 23.9 Å². The summed E-state index contributed by atoms with van der Waals surface area (Å²) in [6.45, 7) is 0.280. The van der Waals surface area contributed by atoms with Crippen molar-refractivity contribution in [3.8, 4) is 11.5 Å². The van der Waals surface area contributed by atoms with Crippen LogP contribution in [0.25, 0.3) is 11.5 Å². The van der Waals surface area contributed by atoms with Crippen molar-refractivity contribution >= 4 is 6.21 Å². The maximum absolute atomic E-state index is 14.0. The molecule has 1 atom stereocenters. The molecule has 0 saturated heterocycles. The Morgan fingerprint density at radius 2 is 2.21 bits per heavy atom. The molecule has 24 heavy (non-hydrogen) atoms. The fraction of sp³-hybridized carbons (Fsp3) is 0.176. The van der Waals surface area contributed by atoms with Crippen LogP contribution >= 0.6 is 0 Å². The van der Waals surface area contributed by atoms with E-state index in [2.05, 4.69) is 20.1 Å². The number of oxazole rings is 1. The minimum absolute atomic E-state index is 0.144. The maximum Gasteiger partial charge on any atom is 0.203 e. The van der Waals surface area contributed by atoms with Crippen LogP contribution < -0.4 is 0 Å². The normalized spacial score (nSPS) is 16.6. The quantitative estimate of drug-likeness (QED) is 0.739. The van der Waals surface area contributed by atoms with Crippen molar-refractivity contribution in [1.82, 2.24) is 19.7 Å². The predicted octanol–water partition coefficient (Wildman–Crippen LogP) is 3.19. The van der Waals surface area contributed by atoms with Crippen molar-refractivity contribution in [2.45, 2.75) is 19.0 Å². The second-order valence-electron chi connectivity index (χ2n) is 5.39. The van der Waals surface area contributed by atoms with E-state index in [0.29, 0.717) is 22.9 Å². The lowest BCUT2D eigenvalue weighted by molar-refractivity contribution is 0.549. The van der Waals surface area contributed by atoms with Crippen LogP contribution in [0.4, 0.5) is 4.39 Å². The van der Waals surface area contributed by atoms with Crippen molar-refractivity contribution in [2.75, 3.05) is 0 Å². The molecule has 1 unspecified atom stereocenters. The van der Waals surface area contributed by atoms with Gasteiger partial charge in [0.1, 0.15) is 23.8 Å². The van der Waals surface area contributed by atoms with Crippen molar-refractivity contribution < 1.29 is 8.81 Å². The molecule has 1 aliphatic heterocycles. The van der Waals surface area contributed by atoms with E-state index in [1.807, 2.05) is 12.2 Å². The number of aliphatic imine (C=N–C) groups is 1. The van der Waals surface area contributed by atoms with Crippen LogP contribution in [0.3, 0.4) is 0 Å². The Labute approximate surface area is 137 Å². The molecule has 3 aromatic rings. The Bertz CT molecular complexity index is 898. The van der Waals surface area contributed by atoms with Gasteiger partial charge in [-0.05, 0) is 18.6 Å². The van der Waals surface area contributed by atoms with Gasteiger partial charge in [0.05, 0.1) is 6.54 Å². The van der Waals surface area contributed by atoms with Gasteiger partial charge in [0.2, 0.25) is 5.82 Å². The fourth-order valence-electron chi connectivity index (χ4n) is 2.59. The lowest BCUT2D eigenvalue weighted by Crippen LogP contribution is -2.12. The molecular weight excluding hydrogens is 309 g/mol. The van der Waals surface area contributed by atoms with E-state index in [1.54, 1.807) is 29.1 Å². The lowest BCUT2D eigenvalue weighted by atomic mass is 10.1.